The molecule has 0 saturated carbocycles. The van der Waals surface area contributed by atoms with Crippen molar-refractivity contribution in [2.24, 2.45) is 0 Å². The van der Waals surface area contributed by atoms with Crippen LogP contribution in [0.2, 0.25) is 0 Å². The highest BCUT2D eigenvalue weighted by molar-refractivity contribution is 7.18. The molecule has 1 nitrogen and oxygen atoms in total. The van der Waals surface area contributed by atoms with Crippen molar-refractivity contribution in [2.75, 3.05) is 0 Å². The SMILES string of the molecule is CCc1cccc2sc(CC)[n+](CC)c12. The highest BCUT2D eigenvalue weighted by Gasteiger charge is 2.19. The summed E-state index contributed by atoms with van der Waals surface area (Å²) < 4.78 is 3.91. The molecule has 0 aliphatic heterocycles. The lowest BCUT2D eigenvalue weighted by Crippen LogP contribution is -2.35. The van der Waals surface area contributed by atoms with E-state index in [0.29, 0.717) is 0 Å². The first-order valence-electron chi connectivity index (χ1n) is 5.74. The maximum Gasteiger partial charge on any atom is 0.238 e. The quantitative estimate of drug-likeness (QED) is 0.699. The smallest absolute Gasteiger partial charge is 0.186 e. The van der Waals surface area contributed by atoms with Crippen molar-refractivity contribution in [1.82, 2.24) is 0 Å². The van der Waals surface area contributed by atoms with Gasteiger partial charge in [-0.15, -0.1) is 0 Å². The van der Waals surface area contributed by atoms with E-state index in [4.69, 9.17) is 0 Å². The van der Waals surface area contributed by atoms with E-state index >= 15 is 0 Å². The minimum atomic E-state index is 1.08. The molecule has 2 heteroatoms. The maximum absolute atomic E-state index is 2.47. The zero-order valence-electron chi connectivity index (χ0n) is 9.71. The molecule has 15 heavy (non-hydrogen) atoms. The van der Waals surface area contributed by atoms with E-state index in [1.807, 2.05) is 11.3 Å². The van der Waals surface area contributed by atoms with Crippen LogP contribution in [0.4, 0.5) is 0 Å². The number of nitrogens with zero attached hydrogens (tertiary/aromatic N) is 1. The number of hydrogen-bond donors (Lipinski definition) is 0. The van der Waals surface area contributed by atoms with Crippen LogP contribution >= 0.6 is 11.3 Å². The molecule has 0 aliphatic carbocycles. The third kappa shape index (κ3) is 1.67. The summed E-state index contributed by atoms with van der Waals surface area (Å²) in [6, 6.07) is 6.67. The summed E-state index contributed by atoms with van der Waals surface area (Å²) >= 11 is 1.94. The zero-order chi connectivity index (χ0) is 10.8. The minimum absolute atomic E-state index is 1.08. The van der Waals surface area contributed by atoms with E-state index in [0.717, 1.165) is 19.4 Å². The molecule has 0 radical (unpaired) electrons. The van der Waals surface area contributed by atoms with E-state index in [-0.39, 0.29) is 0 Å². The molecular weight excluding hydrogens is 202 g/mol. The van der Waals surface area contributed by atoms with Crippen LogP contribution in [0.5, 0.6) is 0 Å². The molecule has 0 unspecified atom stereocenters. The van der Waals surface area contributed by atoms with Crippen molar-refractivity contribution in [3.63, 3.8) is 0 Å². The summed E-state index contributed by atoms with van der Waals surface area (Å²) in [5, 5.41) is 1.49. The van der Waals surface area contributed by atoms with Gasteiger partial charge in [-0.25, -0.2) is 0 Å². The second kappa shape index (κ2) is 4.31. The van der Waals surface area contributed by atoms with Gasteiger partial charge < -0.3 is 0 Å². The number of hydrogen-bond acceptors (Lipinski definition) is 1. The topological polar surface area (TPSA) is 3.88 Å². The van der Waals surface area contributed by atoms with Gasteiger partial charge in [-0.2, -0.15) is 4.57 Å². The monoisotopic (exact) mass is 220 g/mol. The van der Waals surface area contributed by atoms with Gasteiger partial charge in [0.25, 0.3) is 0 Å². The molecule has 0 amide bonds. The first-order chi connectivity index (χ1) is 7.31. The lowest BCUT2D eigenvalue weighted by atomic mass is 10.1. The normalized spacial score (nSPS) is 11.1. The van der Waals surface area contributed by atoms with Crippen LogP contribution < -0.4 is 4.57 Å². The van der Waals surface area contributed by atoms with E-state index in [1.54, 1.807) is 0 Å². The van der Waals surface area contributed by atoms with Crippen LogP contribution in [0.1, 0.15) is 31.3 Å². The lowest BCUT2D eigenvalue weighted by molar-refractivity contribution is -0.670. The molecule has 1 aromatic carbocycles. The van der Waals surface area contributed by atoms with Gasteiger partial charge in [-0.05, 0) is 19.4 Å². The van der Waals surface area contributed by atoms with E-state index < -0.39 is 0 Å². The second-order valence-corrected chi connectivity index (χ2v) is 4.83. The molecule has 0 spiro atoms. The fraction of sp³-hybridized carbons (Fsp3) is 0.462. The highest BCUT2D eigenvalue weighted by Crippen LogP contribution is 2.24. The Morgan fingerprint density at radius 1 is 1.13 bits per heavy atom. The fourth-order valence-electron chi connectivity index (χ4n) is 2.15. The third-order valence-electron chi connectivity index (χ3n) is 2.88. The van der Waals surface area contributed by atoms with E-state index in [2.05, 4.69) is 43.5 Å². The average molecular weight is 220 g/mol. The van der Waals surface area contributed by atoms with E-state index in [1.165, 1.54) is 20.8 Å². The molecule has 0 bridgehead atoms. The molecule has 0 fully saturated rings. The summed E-state index contributed by atoms with van der Waals surface area (Å²) in [7, 11) is 0. The van der Waals surface area contributed by atoms with Crippen molar-refractivity contribution < 1.29 is 4.57 Å². The first-order valence-corrected chi connectivity index (χ1v) is 6.56. The standard InChI is InChI=1S/C13H18NS/c1-4-10-8-7-9-11-13(10)14(6-3)12(5-2)15-11/h7-9H,4-6H2,1-3H3/q+1. The van der Waals surface area contributed by atoms with Crippen LogP contribution in [0.15, 0.2) is 18.2 Å². The molecule has 0 saturated heterocycles. The van der Waals surface area contributed by atoms with Crippen LogP contribution in [-0.2, 0) is 19.4 Å². The summed E-state index contributed by atoms with van der Waals surface area (Å²) in [6.07, 6.45) is 2.26. The summed E-state index contributed by atoms with van der Waals surface area (Å²) in [4.78, 5) is 0. The van der Waals surface area contributed by atoms with Gasteiger partial charge in [0.1, 0.15) is 11.2 Å². The molecule has 2 rings (SSSR count). The lowest BCUT2D eigenvalue weighted by Gasteiger charge is -1.97. The molecule has 0 aliphatic rings. The van der Waals surface area contributed by atoms with Crippen LogP contribution in [0.25, 0.3) is 10.2 Å². The Morgan fingerprint density at radius 2 is 1.93 bits per heavy atom. The Morgan fingerprint density at radius 3 is 2.53 bits per heavy atom. The number of aromatic nitrogens is 1. The molecule has 1 aromatic heterocycles. The largest absolute Gasteiger partial charge is 0.238 e. The minimum Gasteiger partial charge on any atom is -0.186 e. The van der Waals surface area contributed by atoms with Crippen LogP contribution in [0.3, 0.4) is 0 Å². The molecule has 0 N–H and O–H groups in total. The third-order valence-corrected chi connectivity index (χ3v) is 4.17. The van der Waals surface area contributed by atoms with Gasteiger partial charge in [-0.1, -0.05) is 37.3 Å². The predicted octanol–water partition coefficient (Wildman–Crippen LogP) is 3.33. The number of aryl methyl sites for hydroxylation is 3. The molecule has 2 aromatic rings. The fourth-order valence-corrected chi connectivity index (χ4v) is 3.36. The average Bonchev–Trinajstić information content (AvgIpc) is 2.66. The molecular formula is C13H18NS+. The van der Waals surface area contributed by atoms with Gasteiger partial charge >= 0.3 is 0 Å². The number of rotatable bonds is 3. The van der Waals surface area contributed by atoms with E-state index in [9.17, 15) is 0 Å². The van der Waals surface area contributed by atoms with Crippen molar-refractivity contribution in [1.29, 1.82) is 0 Å². The van der Waals surface area contributed by atoms with Gasteiger partial charge in [0.15, 0.2) is 0 Å². The molecule has 1 heterocycles. The Hall–Kier alpha value is -0.890. The van der Waals surface area contributed by atoms with Crippen molar-refractivity contribution in [3.8, 4) is 0 Å². The van der Waals surface area contributed by atoms with Crippen LogP contribution in [0, 0.1) is 0 Å². The maximum atomic E-state index is 2.47. The zero-order valence-corrected chi connectivity index (χ0v) is 10.5. The number of para-hydroxylation sites is 1. The van der Waals surface area contributed by atoms with Crippen molar-refractivity contribution in [3.05, 3.63) is 28.8 Å². The number of thiazole rings is 1. The second-order valence-electron chi connectivity index (χ2n) is 3.71. The first kappa shape index (κ1) is 10.6. The summed E-state index contributed by atoms with van der Waals surface area (Å²) in [5.41, 5.74) is 2.94. The Labute approximate surface area is 95.4 Å². The van der Waals surface area contributed by atoms with Gasteiger partial charge in [0.2, 0.25) is 10.5 Å². The predicted molar refractivity (Wildman–Crippen MR) is 66.5 cm³/mol. The molecule has 0 atom stereocenters. The van der Waals surface area contributed by atoms with Gasteiger partial charge in [0.05, 0.1) is 0 Å². The van der Waals surface area contributed by atoms with Gasteiger partial charge in [0, 0.05) is 12.0 Å². The Kier molecular flexibility index (Phi) is 3.06. The molecule has 80 valence electrons. The Bertz CT molecular complexity index is 471. The Balaban J connectivity index is 2.78. The number of benzene rings is 1. The summed E-state index contributed by atoms with van der Waals surface area (Å²) in [6.45, 7) is 7.79. The highest BCUT2D eigenvalue weighted by atomic mass is 32.1. The van der Waals surface area contributed by atoms with Crippen molar-refractivity contribution >= 4 is 21.6 Å². The number of fused-ring (bicyclic) bond motifs is 1. The van der Waals surface area contributed by atoms with Crippen LogP contribution in [-0.4, -0.2) is 0 Å². The summed E-state index contributed by atoms with van der Waals surface area (Å²) in [5.74, 6) is 0. The van der Waals surface area contributed by atoms with Crippen molar-refractivity contribution in [2.45, 2.75) is 40.2 Å². The van der Waals surface area contributed by atoms with Gasteiger partial charge in [-0.3, -0.25) is 0 Å².